The van der Waals surface area contributed by atoms with Gasteiger partial charge in [-0.3, -0.25) is 9.55 Å². The molecular formula is C68H55N3O2. The fourth-order valence-electron chi connectivity index (χ4n) is 10.8. The Labute approximate surface area is 426 Å². The van der Waals surface area contributed by atoms with E-state index in [4.69, 9.17) is 14.4 Å². The lowest BCUT2D eigenvalue weighted by atomic mass is 9.82. The molecular weight excluding hydrogens is 891 g/mol. The number of imidazole rings is 1. The van der Waals surface area contributed by atoms with E-state index in [1.807, 2.05) is 54.6 Å². The first kappa shape index (κ1) is 45.5. The first-order valence-corrected chi connectivity index (χ1v) is 25.4. The molecule has 1 atom stereocenters. The highest BCUT2D eigenvalue weighted by atomic mass is 16.3. The summed E-state index contributed by atoms with van der Waals surface area (Å²) in [5, 5.41) is 15.4. The van der Waals surface area contributed by atoms with E-state index < -0.39 is 5.60 Å². The highest BCUT2D eigenvalue weighted by Crippen LogP contribution is 2.46. The molecule has 0 amide bonds. The van der Waals surface area contributed by atoms with E-state index in [1.165, 1.54) is 33.4 Å². The molecule has 354 valence electrons. The van der Waals surface area contributed by atoms with Gasteiger partial charge in [0, 0.05) is 23.4 Å². The molecule has 0 spiro atoms. The third-order valence-electron chi connectivity index (χ3n) is 14.5. The van der Waals surface area contributed by atoms with Gasteiger partial charge in [-0.1, -0.05) is 198 Å². The number of benzene rings is 9. The highest BCUT2D eigenvalue weighted by Gasteiger charge is 2.35. The Morgan fingerprint density at radius 1 is 0.507 bits per heavy atom. The zero-order valence-corrected chi connectivity index (χ0v) is 41.5. The van der Waals surface area contributed by atoms with Crippen molar-refractivity contribution in [2.24, 2.45) is 0 Å². The molecule has 5 nitrogen and oxygen atoms in total. The number of aliphatic hydroxyl groups is 1. The Morgan fingerprint density at radius 2 is 1.05 bits per heavy atom. The SMILES string of the molecule is CC(C)c1cc(-c2ccc(-c3ccccc3)cc2)cc(C(C)C)c1-n1c(-c2cc(CC(O)(c3ccc(-c4ccccc4)cc3)c3ccccn3)cc3c2oc2cccc(-c4ccccc4)c23)nc2ccccc21. The summed E-state index contributed by atoms with van der Waals surface area (Å²) < 4.78 is 9.53. The first-order valence-electron chi connectivity index (χ1n) is 25.4. The van der Waals surface area contributed by atoms with Crippen molar-refractivity contribution in [2.75, 3.05) is 0 Å². The third-order valence-corrected chi connectivity index (χ3v) is 14.5. The smallest absolute Gasteiger partial charge is 0.149 e. The van der Waals surface area contributed by atoms with E-state index in [2.05, 4.69) is 202 Å². The summed E-state index contributed by atoms with van der Waals surface area (Å²) in [6.45, 7) is 9.16. The van der Waals surface area contributed by atoms with E-state index in [1.54, 1.807) is 6.20 Å². The standard InChI is InChI=1S/C68H55N3O2/c1-44(2)56-41-53(51-32-30-49(31-33-51)47-19-8-5-9-20-47)42-57(45(3)4)65(56)71-61-27-15-14-26-60(61)70-67(71)59-40-46(39-58-64-55(52-23-12-7-13-24-52)25-18-28-62(64)73-66(58)59)43-68(72,63-29-16-17-38-69-63)54-36-34-50(35-37-54)48-21-10-6-11-22-48/h5-42,44-45,72H,43H2,1-4H3. The Balaban J connectivity index is 1.10. The number of aromatic nitrogens is 3. The number of rotatable bonds is 12. The second kappa shape index (κ2) is 18.8. The molecule has 9 aromatic carbocycles. The van der Waals surface area contributed by atoms with Gasteiger partial charge in [0.2, 0.25) is 0 Å². The van der Waals surface area contributed by atoms with Gasteiger partial charge in [-0.05, 0) is 133 Å². The molecule has 1 N–H and O–H groups in total. The molecule has 5 heteroatoms. The monoisotopic (exact) mass is 945 g/mol. The van der Waals surface area contributed by atoms with Crippen molar-refractivity contribution in [3.8, 4) is 61.6 Å². The summed E-state index contributed by atoms with van der Waals surface area (Å²) >= 11 is 0. The lowest BCUT2D eigenvalue weighted by Gasteiger charge is -2.29. The summed E-state index contributed by atoms with van der Waals surface area (Å²) in [6, 6.07) is 78.3. The molecule has 0 saturated heterocycles. The van der Waals surface area contributed by atoms with Gasteiger partial charge < -0.3 is 9.52 Å². The van der Waals surface area contributed by atoms with Crippen molar-refractivity contribution >= 4 is 33.0 Å². The number of para-hydroxylation sites is 2. The largest absolute Gasteiger partial charge is 0.455 e. The van der Waals surface area contributed by atoms with Gasteiger partial charge in [0.05, 0.1) is 28.0 Å². The Morgan fingerprint density at radius 3 is 1.66 bits per heavy atom. The van der Waals surface area contributed by atoms with Gasteiger partial charge in [0.15, 0.2) is 0 Å². The van der Waals surface area contributed by atoms with Crippen molar-refractivity contribution in [3.05, 3.63) is 259 Å². The maximum absolute atomic E-state index is 13.4. The third kappa shape index (κ3) is 8.32. The molecule has 12 rings (SSSR count). The number of hydrogen-bond acceptors (Lipinski definition) is 4. The molecule has 3 heterocycles. The maximum atomic E-state index is 13.4. The van der Waals surface area contributed by atoms with Gasteiger partial charge in [0.25, 0.3) is 0 Å². The van der Waals surface area contributed by atoms with Crippen LogP contribution in [0, 0.1) is 0 Å². The van der Waals surface area contributed by atoms with E-state index >= 15 is 0 Å². The Kier molecular flexibility index (Phi) is 11.7. The minimum atomic E-state index is -1.51. The first-order chi connectivity index (χ1) is 35.7. The van der Waals surface area contributed by atoms with Crippen LogP contribution in [0.1, 0.15) is 67.5 Å². The molecule has 0 fully saturated rings. The number of nitrogens with zero attached hydrogens (tertiary/aromatic N) is 3. The minimum absolute atomic E-state index is 0.165. The predicted octanol–water partition coefficient (Wildman–Crippen LogP) is 17.4. The molecule has 1 unspecified atom stereocenters. The molecule has 0 aliphatic carbocycles. The van der Waals surface area contributed by atoms with Crippen LogP contribution in [0.4, 0.5) is 0 Å². The predicted molar refractivity (Wildman–Crippen MR) is 301 cm³/mol. The average Bonchev–Trinajstić information content (AvgIpc) is 4.02. The summed E-state index contributed by atoms with van der Waals surface area (Å²) in [4.78, 5) is 10.4. The molecule has 0 aliphatic heterocycles. The van der Waals surface area contributed by atoms with Crippen LogP contribution in [0.15, 0.2) is 235 Å². The van der Waals surface area contributed by atoms with Gasteiger partial charge in [0.1, 0.15) is 22.6 Å². The normalized spacial score (nSPS) is 12.6. The second-order valence-electron chi connectivity index (χ2n) is 19.9. The fraction of sp³-hybridized carbons (Fsp3) is 0.118. The summed E-state index contributed by atoms with van der Waals surface area (Å²) in [6.07, 6.45) is 1.99. The molecule has 0 saturated carbocycles. The van der Waals surface area contributed by atoms with E-state index in [-0.39, 0.29) is 18.3 Å². The Hall–Kier alpha value is -8.64. The molecule has 3 aromatic heterocycles. The molecule has 12 aromatic rings. The van der Waals surface area contributed by atoms with Crippen molar-refractivity contribution in [1.29, 1.82) is 0 Å². The second-order valence-corrected chi connectivity index (χ2v) is 19.9. The number of hydrogen-bond donors (Lipinski definition) is 1. The quantitative estimate of drug-likeness (QED) is 0.133. The van der Waals surface area contributed by atoms with Crippen LogP contribution in [0.25, 0.3) is 94.6 Å². The van der Waals surface area contributed by atoms with Gasteiger partial charge in [-0.15, -0.1) is 0 Å². The summed E-state index contributed by atoms with van der Waals surface area (Å²) in [5.74, 6) is 1.10. The van der Waals surface area contributed by atoms with Gasteiger partial charge in [-0.25, -0.2) is 4.98 Å². The molecule has 0 radical (unpaired) electrons. The minimum Gasteiger partial charge on any atom is -0.455 e. The van der Waals surface area contributed by atoms with Crippen LogP contribution >= 0.6 is 0 Å². The molecule has 0 bridgehead atoms. The highest BCUT2D eigenvalue weighted by molar-refractivity contribution is 6.15. The lowest BCUT2D eigenvalue weighted by molar-refractivity contribution is 0.0765. The Bertz CT molecular complexity index is 3890. The topological polar surface area (TPSA) is 64.1 Å². The van der Waals surface area contributed by atoms with Crippen LogP contribution in [0.5, 0.6) is 0 Å². The van der Waals surface area contributed by atoms with Crippen LogP contribution in [0.3, 0.4) is 0 Å². The van der Waals surface area contributed by atoms with Crippen molar-refractivity contribution in [3.63, 3.8) is 0 Å². The van der Waals surface area contributed by atoms with Crippen LogP contribution in [0.2, 0.25) is 0 Å². The van der Waals surface area contributed by atoms with Crippen molar-refractivity contribution in [1.82, 2.24) is 14.5 Å². The van der Waals surface area contributed by atoms with E-state index in [0.717, 1.165) is 83.4 Å². The van der Waals surface area contributed by atoms with Crippen LogP contribution < -0.4 is 0 Å². The van der Waals surface area contributed by atoms with E-state index in [0.29, 0.717) is 5.69 Å². The van der Waals surface area contributed by atoms with Crippen LogP contribution in [-0.4, -0.2) is 19.6 Å². The van der Waals surface area contributed by atoms with Crippen molar-refractivity contribution in [2.45, 2.75) is 51.6 Å². The van der Waals surface area contributed by atoms with E-state index in [9.17, 15) is 5.11 Å². The number of furan rings is 1. The number of pyridine rings is 1. The average molecular weight is 946 g/mol. The molecule has 0 aliphatic rings. The fourth-order valence-corrected chi connectivity index (χ4v) is 10.8. The van der Waals surface area contributed by atoms with Gasteiger partial charge >= 0.3 is 0 Å². The summed E-state index contributed by atoms with van der Waals surface area (Å²) in [5.41, 5.74) is 17.6. The lowest BCUT2D eigenvalue weighted by Crippen LogP contribution is -2.31. The maximum Gasteiger partial charge on any atom is 0.149 e. The van der Waals surface area contributed by atoms with Crippen LogP contribution in [-0.2, 0) is 12.0 Å². The zero-order chi connectivity index (χ0) is 49.6. The van der Waals surface area contributed by atoms with Gasteiger partial charge in [-0.2, -0.15) is 0 Å². The van der Waals surface area contributed by atoms with Crippen molar-refractivity contribution < 1.29 is 9.52 Å². The summed E-state index contributed by atoms with van der Waals surface area (Å²) in [7, 11) is 0. The zero-order valence-electron chi connectivity index (χ0n) is 41.5. The molecule has 73 heavy (non-hydrogen) atoms. The number of fused-ring (bicyclic) bond motifs is 4.